The van der Waals surface area contributed by atoms with E-state index in [4.69, 9.17) is 9.15 Å². The van der Waals surface area contributed by atoms with E-state index < -0.39 is 17.5 Å². The average Bonchev–Trinajstić information content (AvgIpc) is 3.12. The molecular weight excluding hydrogens is 364 g/mol. The van der Waals surface area contributed by atoms with Gasteiger partial charge in [-0.3, -0.25) is 4.79 Å². The highest BCUT2D eigenvalue weighted by Gasteiger charge is 2.14. The summed E-state index contributed by atoms with van der Waals surface area (Å²) < 4.78 is 36.8. The number of para-hydroxylation sites is 1. The van der Waals surface area contributed by atoms with E-state index in [1.165, 1.54) is 13.2 Å². The lowest BCUT2D eigenvalue weighted by molar-refractivity contribution is -0.113. The number of carbonyl (C=O) groups excluding carboxylic acids is 1. The molecule has 1 aromatic heterocycles. The molecule has 0 aliphatic rings. The number of hydrogen-bond acceptors (Lipinski definition) is 6. The second-order valence-corrected chi connectivity index (χ2v) is 5.97. The summed E-state index contributed by atoms with van der Waals surface area (Å²) in [5.74, 6) is -1.61. The van der Waals surface area contributed by atoms with Gasteiger partial charge in [0.15, 0.2) is 11.6 Å². The van der Waals surface area contributed by atoms with Crippen LogP contribution in [-0.2, 0) is 4.79 Å². The number of nitrogens with zero attached hydrogens (tertiary/aromatic N) is 2. The number of nitrogens with one attached hydrogen (secondary N) is 1. The summed E-state index contributed by atoms with van der Waals surface area (Å²) in [4.78, 5) is 11.9. The number of thioether (sulfide) groups is 1. The monoisotopic (exact) mass is 377 g/mol. The second-order valence-electron chi connectivity index (χ2n) is 5.04. The Balaban J connectivity index is 1.61. The fraction of sp³-hybridized carbons (Fsp3) is 0.118. The Labute approximate surface area is 151 Å². The number of ether oxygens (including phenoxy) is 1. The first kappa shape index (κ1) is 17.9. The van der Waals surface area contributed by atoms with Gasteiger partial charge in [-0.1, -0.05) is 23.9 Å². The first-order valence-corrected chi connectivity index (χ1v) is 8.40. The molecule has 26 heavy (non-hydrogen) atoms. The molecule has 0 saturated carbocycles. The Morgan fingerprint density at radius 3 is 2.77 bits per heavy atom. The molecule has 0 fully saturated rings. The third-order valence-corrected chi connectivity index (χ3v) is 4.09. The number of amides is 1. The van der Waals surface area contributed by atoms with Crippen LogP contribution in [0.5, 0.6) is 5.75 Å². The van der Waals surface area contributed by atoms with Crippen molar-refractivity contribution in [2.45, 2.75) is 5.22 Å². The summed E-state index contributed by atoms with van der Waals surface area (Å²) in [5, 5.41) is 10.5. The highest BCUT2D eigenvalue weighted by atomic mass is 32.2. The molecule has 134 valence electrons. The van der Waals surface area contributed by atoms with E-state index in [2.05, 4.69) is 15.5 Å². The second kappa shape index (κ2) is 7.96. The predicted octanol–water partition coefficient (Wildman–Crippen LogP) is 3.75. The van der Waals surface area contributed by atoms with Crippen LogP contribution in [0.3, 0.4) is 0 Å². The van der Waals surface area contributed by atoms with Gasteiger partial charge in [-0.05, 0) is 24.3 Å². The van der Waals surface area contributed by atoms with Crippen LogP contribution in [0, 0.1) is 11.6 Å². The topological polar surface area (TPSA) is 77.2 Å². The van der Waals surface area contributed by atoms with E-state index in [1.807, 2.05) is 12.1 Å². The maximum absolute atomic E-state index is 13.1. The molecule has 0 unspecified atom stereocenters. The van der Waals surface area contributed by atoms with Gasteiger partial charge in [-0.2, -0.15) is 0 Å². The number of methoxy groups -OCH3 is 1. The minimum Gasteiger partial charge on any atom is -0.496 e. The molecule has 1 heterocycles. The zero-order valence-electron chi connectivity index (χ0n) is 13.5. The number of hydrogen-bond donors (Lipinski definition) is 1. The largest absolute Gasteiger partial charge is 0.496 e. The van der Waals surface area contributed by atoms with Gasteiger partial charge in [0, 0.05) is 11.8 Å². The molecule has 1 N–H and O–H groups in total. The van der Waals surface area contributed by atoms with E-state index in [9.17, 15) is 13.6 Å². The minimum absolute atomic E-state index is 0.0352. The van der Waals surface area contributed by atoms with Gasteiger partial charge in [-0.15, -0.1) is 10.2 Å². The van der Waals surface area contributed by atoms with Crippen molar-refractivity contribution in [1.82, 2.24) is 10.2 Å². The highest BCUT2D eigenvalue weighted by Crippen LogP contribution is 2.30. The van der Waals surface area contributed by atoms with Gasteiger partial charge in [0.2, 0.25) is 5.91 Å². The van der Waals surface area contributed by atoms with Gasteiger partial charge in [0.05, 0.1) is 18.4 Å². The van der Waals surface area contributed by atoms with Crippen LogP contribution in [0.15, 0.2) is 52.1 Å². The third-order valence-electron chi connectivity index (χ3n) is 3.27. The van der Waals surface area contributed by atoms with Crippen molar-refractivity contribution >= 4 is 23.4 Å². The zero-order chi connectivity index (χ0) is 18.5. The molecule has 0 atom stereocenters. The van der Waals surface area contributed by atoms with Gasteiger partial charge in [0.25, 0.3) is 11.1 Å². The Hall–Kier alpha value is -2.94. The summed E-state index contributed by atoms with van der Waals surface area (Å²) >= 11 is 1.02. The molecule has 2 aromatic carbocycles. The van der Waals surface area contributed by atoms with E-state index >= 15 is 0 Å². The van der Waals surface area contributed by atoms with Crippen LogP contribution in [0.2, 0.25) is 0 Å². The Morgan fingerprint density at radius 2 is 2.00 bits per heavy atom. The lowest BCUT2D eigenvalue weighted by Crippen LogP contribution is -2.14. The maximum Gasteiger partial charge on any atom is 0.277 e. The standard InChI is InChI=1S/C17H13F2N3O3S/c1-24-14-5-3-2-4-11(14)16-21-22-17(25-16)26-9-15(23)20-10-6-7-12(18)13(19)8-10/h2-8H,9H2,1H3,(H,20,23). The predicted molar refractivity (Wildman–Crippen MR) is 92.0 cm³/mol. The van der Waals surface area contributed by atoms with Gasteiger partial charge >= 0.3 is 0 Å². The van der Waals surface area contributed by atoms with Crippen molar-refractivity contribution in [3.8, 4) is 17.2 Å². The lowest BCUT2D eigenvalue weighted by atomic mass is 10.2. The average molecular weight is 377 g/mol. The van der Waals surface area contributed by atoms with Gasteiger partial charge < -0.3 is 14.5 Å². The summed E-state index contributed by atoms with van der Waals surface area (Å²) in [6.07, 6.45) is 0. The van der Waals surface area contributed by atoms with Crippen molar-refractivity contribution in [1.29, 1.82) is 0 Å². The van der Waals surface area contributed by atoms with Crippen LogP contribution >= 0.6 is 11.8 Å². The maximum atomic E-state index is 13.1. The normalized spacial score (nSPS) is 10.6. The van der Waals surface area contributed by atoms with Gasteiger partial charge in [-0.25, -0.2) is 8.78 Å². The molecule has 0 radical (unpaired) electrons. The Bertz CT molecular complexity index is 933. The molecule has 9 heteroatoms. The van der Waals surface area contributed by atoms with Crippen LogP contribution in [-0.4, -0.2) is 29.0 Å². The molecule has 0 aliphatic carbocycles. The molecule has 0 saturated heterocycles. The minimum atomic E-state index is -1.03. The number of carbonyl (C=O) groups is 1. The van der Waals surface area contributed by atoms with Crippen molar-refractivity contribution in [2.75, 3.05) is 18.2 Å². The number of halogens is 2. The van der Waals surface area contributed by atoms with E-state index in [1.54, 1.807) is 12.1 Å². The first-order chi connectivity index (χ1) is 12.6. The van der Waals surface area contributed by atoms with E-state index in [0.29, 0.717) is 11.3 Å². The number of anilines is 1. The molecule has 3 rings (SSSR count). The zero-order valence-corrected chi connectivity index (χ0v) is 14.3. The number of benzene rings is 2. The van der Waals surface area contributed by atoms with Crippen LogP contribution in [0.1, 0.15) is 0 Å². The SMILES string of the molecule is COc1ccccc1-c1nnc(SCC(=O)Nc2ccc(F)c(F)c2)o1. The molecule has 6 nitrogen and oxygen atoms in total. The van der Waals surface area contributed by atoms with Crippen molar-refractivity contribution < 1.29 is 22.7 Å². The number of rotatable bonds is 6. The molecule has 0 spiro atoms. The van der Waals surface area contributed by atoms with Crippen LogP contribution < -0.4 is 10.1 Å². The van der Waals surface area contributed by atoms with Gasteiger partial charge in [0.1, 0.15) is 5.75 Å². The fourth-order valence-corrected chi connectivity index (χ4v) is 2.66. The lowest BCUT2D eigenvalue weighted by Gasteiger charge is -2.04. The Morgan fingerprint density at radius 1 is 1.19 bits per heavy atom. The molecular formula is C17H13F2N3O3S. The van der Waals surface area contributed by atoms with Crippen LogP contribution in [0.4, 0.5) is 14.5 Å². The summed E-state index contributed by atoms with van der Waals surface area (Å²) in [6.45, 7) is 0. The molecule has 0 bridgehead atoms. The van der Waals surface area contributed by atoms with E-state index in [-0.39, 0.29) is 22.6 Å². The smallest absolute Gasteiger partial charge is 0.277 e. The highest BCUT2D eigenvalue weighted by molar-refractivity contribution is 7.99. The quantitative estimate of drug-likeness (QED) is 0.659. The number of aromatic nitrogens is 2. The van der Waals surface area contributed by atoms with Crippen LogP contribution in [0.25, 0.3) is 11.5 Å². The fourth-order valence-electron chi connectivity index (χ4n) is 2.10. The summed E-state index contributed by atoms with van der Waals surface area (Å²) in [5.41, 5.74) is 0.801. The van der Waals surface area contributed by atoms with Crippen molar-refractivity contribution in [2.24, 2.45) is 0 Å². The van der Waals surface area contributed by atoms with E-state index in [0.717, 1.165) is 23.9 Å². The summed E-state index contributed by atoms with van der Waals surface area (Å²) in [6, 6.07) is 10.3. The Kier molecular flexibility index (Phi) is 5.47. The first-order valence-electron chi connectivity index (χ1n) is 7.41. The molecule has 3 aromatic rings. The van der Waals surface area contributed by atoms with Crippen molar-refractivity contribution in [3.63, 3.8) is 0 Å². The summed E-state index contributed by atoms with van der Waals surface area (Å²) in [7, 11) is 1.54. The van der Waals surface area contributed by atoms with Crippen molar-refractivity contribution in [3.05, 3.63) is 54.1 Å². The third kappa shape index (κ3) is 4.17. The molecule has 0 aliphatic heterocycles. The molecule has 1 amide bonds.